The number of rotatable bonds is 5. The summed E-state index contributed by atoms with van der Waals surface area (Å²) in [6, 6.07) is 18.6. The first-order valence-electron chi connectivity index (χ1n) is 7.84. The third-order valence-electron chi connectivity index (χ3n) is 4.13. The standard InChI is InChI=1S/C18H23N3O/c1-2-18(22-15-9-4-3-5-10-15)17-12-16(20-21-17)13-7-6-8-14(19)11-13/h3-11,16-18,20-21H,2,12,19H2,1H3. The summed E-state index contributed by atoms with van der Waals surface area (Å²) in [6.07, 6.45) is 2.08. The van der Waals surface area contributed by atoms with Crippen LogP contribution in [-0.2, 0) is 0 Å². The first-order chi connectivity index (χ1) is 10.8. The molecule has 2 aromatic rings. The summed E-state index contributed by atoms with van der Waals surface area (Å²) in [4.78, 5) is 0. The van der Waals surface area contributed by atoms with Crippen LogP contribution in [0, 0.1) is 0 Å². The second-order valence-corrected chi connectivity index (χ2v) is 5.73. The van der Waals surface area contributed by atoms with Gasteiger partial charge >= 0.3 is 0 Å². The molecule has 0 aliphatic carbocycles. The molecule has 4 heteroatoms. The van der Waals surface area contributed by atoms with Crippen molar-refractivity contribution in [1.29, 1.82) is 0 Å². The SMILES string of the molecule is CCC(Oc1ccccc1)C1CC(c2cccc(N)c2)NN1. The predicted octanol–water partition coefficient (Wildman–Crippen LogP) is 3.03. The zero-order valence-corrected chi connectivity index (χ0v) is 12.8. The summed E-state index contributed by atoms with van der Waals surface area (Å²) in [6.45, 7) is 2.16. The van der Waals surface area contributed by atoms with Crippen LogP contribution in [0.1, 0.15) is 31.4 Å². The first kappa shape index (κ1) is 14.9. The lowest BCUT2D eigenvalue weighted by Crippen LogP contribution is -2.41. The highest BCUT2D eigenvalue weighted by Crippen LogP contribution is 2.27. The Morgan fingerprint density at radius 1 is 1.14 bits per heavy atom. The van der Waals surface area contributed by atoms with E-state index in [-0.39, 0.29) is 18.2 Å². The van der Waals surface area contributed by atoms with Gasteiger partial charge in [0.25, 0.3) is 0 Å². The summed E-state index contributed by atoms with van der Waals surface area (Å²) >= 11 is 0. The maximum Gasteiger partial charge on any atom is 0.119 e. The number of hydrazine groups is 1. The molecule has 4 N–H and O–H groups in total. The molecule has 1 saturated heterocycles. The van der Waals surface area contributed by atoms with Gasteiger partial charge in [-0.15, -0.1) is 0 Å². The van der Waals surface area contributed by atoms with Gasteiger partial charge in [0.05, 0.1) is 6.04 Å². The van der Waals surface area contributed by atoms with Crippen molar-refractivity contribution in [2.24, 2.45) is 0 Å². The molecule has 0 saturated carbocycles. The Labute approximate surface area is 131 Å². The fraction of sp³-hybridized carbons (Fsp3) is 0.333. The zero-order valence-electron chi connectivity index (χ0n) is 12.8. The van der Waals surface area contributed by atoms with Gasteiger partial charge < -0.3 is 10.5 Å². The molecule has 1 aliphatic heterocycles. The number of nitrogens with one attached hydrogen (secondary N) is 2. The molecule has 1 fully saturated rings. The Morgan fingerprint density at radius 3 is 2.68 bits per heavy atom. The molecule has 4 nitrogen and oxygen atoms in total. The smallest absolute Gasteiger partial charge is 0.119 e. The largest absolute Gasteiger partial charge is 0.489 e. The molecule has 2 aromatic carbocycles. The van der Waals surface area contributed by atoms with Gasteiger partial charge in [-0.05, 0) is 42.7 Å². The minimum atomic E-state index is 0.140. The number of ether oxygens (including phenoxy) is 1. The van der Waals surface area contributed by atoms with Crippen LogP contribution in [0.15, 0.2) is 54.6 Å². The quantitative estimate of drug-likeness (QED) is 0.742. The van der Waals surface area contributed by atoms with Gasteiger partial charge in [-0.3, -0.25) is 5.43 Å². The van der Waals surface area contributed by atoms with Gasteiger partial charge in [0.15, 0.2) is 0 Å². The number of anilines is 1. The van der Waals surface area contributed by atoms with E-state index in [1.807, 2.05) is 48.5 Å². The van der Waals surface area contributed by atoms with Crippen LogP contribution in [0.25, 0.3) is 0 Å². The minimum absolute atomic E-state index is 0.140. The molecule has 0 bridgehead atoms. The zero-order chi connectivity index (χ0) is 15.4. The van der Waals surface area contributed by atoms with E-state index in [1.165, 1.54) is 5.56 Å². The molecule has 0 spiro atoms. The normalized spacial score (nSPS) is 22.4. The molecule has 1 aliphatic rings. The Kier molecular flexibility index (Phi) is 4.61. The average Bonchev–Trinajstić information content (AvgIpc) is 3.03. The highest BCUT2D eigenvalue weighted by atomic mass is 16.5. The molecular weight excluding hydrogens is 274 g/mol. The van der Waals surface area contributed by atoms with Crippen LogP contribution >= 0.6 is 0 Å². The number of hydrogen-bond acceptors (Lipinski definition) is 4. The average molecular weight is 297 g/mol. The van der Waals surface area contributed by atoms with Crippen molar-refractivity contribution >= 4 is 5.69 Å². The van der Waals surface area contributed by atoms with E-state index in [0.717, 1.165) is 24.3 Å². The van der Waals surface area contributed by atoms with E-state index in [2.05, 4.69) is 23.8 Å². The number of benzene rings is 2. The number of hydrogen-bond donors (Lipinski definition) is 3. The van der Waals surface area contributed by atoms with E-state index in [1.54, 1.807) is 0 Å². The predicted molar refractivity (Wildman–Crippen MR) is 89.4 cm³/mol. The number of nitrogens with two attached hydrogens (primary N) is 1. The van der Waals surface area contributed by atoms with Crippen molar-refractivity contribution in [1.82, 2.24) is 10.9 Å². The van der Waals surface area contributed by atoms with Crippen LogP contribution in [-0.4, -0.2) is 12.1 Å². The van der Waals surface area contributed by atoms with E-state index >= 15 is 0 Å². The topological polar surface area (TPSA) is 59.3 Å². The van der Waals surface area contributed by atoms with Crippen LogP contribution in [0.3, 0.4) is 0 Å². The Balaban J connectivity index is 1.65. The van der Waals surface area contributed by atoms with Crippen LogP contribution in [0.5, 0.6) is 5.75 Å². The molecule has 22 heavy (non-hydrogen) atoms. The molecule has 3 rings (SSSR count). The molecule has 0 amide bonds. The number of para-hydroxylation sites is 1. The third-order valence-corrected chi connectivity index (χ3v) is 4.13. The summed E-state index contributed by atoms with van der Waals surface area (Å²) in [5.74, 6) is 0.920. The van der Waals surface area contributed by atoms with Crippen molar-refractivity contribution in [3.05, 3.63) is 60.2 Å². The van der Waals surface area contributed by atoms with Gasteiger partial charge in [-0.25, -0.2) is 5.43 Å². The highest BCUT2D eigenvalue weighted by Gasteiger charge is 2.31. The third kappa shape index (κ3) is 3.40. The van der Waals surface area contributed by atoms with Crippen molar-refractivity contribution in [3.8, 4) is 5.75 Å². The lowest BCUT2D eigenvalue weighted by atomic mass is 9.98. The summed E-state index contributed by atoms with van der Waals surface area (Å²) < 4.78 is 6.13. The maximum absolute atomic E-state index is 6.13. The van der Waals surface area contributed by atoms with E-state index in [4.69, 9.17) is 10.5 Å². The van der Waals surface area contributed by atoms with Crippen LogP contribution in [0.2, 0.25) is 0 Å². The van der Waals surface area contributed by atoms with Gasteiger partial charge in [0.2, 0.25) is 0 Å². The summed E-state index contributed by atoms with van der Waals surface area (Å²) in [5.41, 5.74) is 14.6. The Hall–Kier alpha value is -2.04. The fourth-order valence-electron chi connectivity index (χ4n) is 2.94. The Morgan fingerprint density at radius 2 is 1.95 bits per heavy atom. The fourth-order valence-corrected chi connectivity index (χ4v) is 2.94. The molecule has 0 radical (unpaired) electrons. The monoisotopic (exact) mass is 297 g/mol. The van der Waals surface area contributed by atoms with Gasteiger partial charge in [-0.2, -0.15) is 0 Å². The summed E-state index contributed by atoms with van der Waals surface area (Å²) in [7, 11) is 0. The minimum Gasteiger partial charge on any atom is -0.489 e. The van der Waals surface area contributed by atoms with Crippen LogP contribution in [0.4, 0.5) is 5.69 Å². The molecule has 1 heterocycles. The lowest BCUT2D eigenvalue weighted by Gasteiger charge is -2.23. The molecule has 3 atom stereocenters. The first-order valence-corrected chi connectivity index (χ1v) is 7.84. The van der Waals surface area contributed by atoms with Crippen molar-refractivity contribution in [2.75, 3.05) is 5.73 Å². The van der Waals surface area contributed by atoms with Crippen molar-refractivity contribution in [3.63, 3.8) is 0 Å². The summed E-state index contributed by atoms with van der Waals surface area (Å²) in [5, 5.41) is 0. The second-order valence-electron chi connectivity index (χ2n) is 5.73. The van der Waals surface area contributed by atoms with Crippen molar-refractivity contribution in [2.45, 2.75) is 38.0 Å². The van der Waals surface area contributed by atoms with E-state index in [0.29, 0.717) is 0 Å². The Bertz CT molecular complexity index is 602. The molecule has 0 aromatic heterocycles. The van der Waals surface area contributed by atoms with E-state index in [9.17, 15) is 0 Å². The lowest BCUT2D eigenvalue weighted by molar-refractivity contribution is 0.154. The maximum atomic E-state index is 6.13. The molecular formula is C18H23N3O. The number of nitrogen functional groups attached to an aromatic ring is 1. The van der Waals surface area contributed by atoms with Crippen molar-refractivity contribution < 1.29 is 4.74 Å². The van der Waals surface area contributed by atoms with Gasteiger partial charge in [-0.1, -0.05) is 37.3 Å². The van der Waals surface area contributed by atoms with Gasteiger partial charge in [0, 0.05) is 11.7 Å². The van der Waals surface area contributed by atoms with Crippen LogP contribution < -0.4 is 21.3 Å². The molecule has 3 unspecified atom stereocenters. The van der Waals surface area contributed by atoms with E-state index < -0.39 is 0 Å². The molecule has 116 valence electrons. The highest BCUT2D eigenvalue weighted by molar-refractivity contribution is 5.42. The second kappa shape index (κ2) is 6.81. The van der Waals surface area contributed by atoms with Gasteiger partial charge in [0.1, 0.15) is 11.9 Å².